The van der Waals surface area contributed by atoms with Gasteiger partial charge in [-0.1, -0.05) is 17.7 Å². The number of rotatable bonds is 5. The van der Waals surface area contributed by atoms with E-state index in [4.69, 9.17) is 4.74 Å². The average Bonchev–Trinajstić information content (AvgIpc) is 3.01. The number of nitrogens with zero attached hydrogens (tertiary/aromatic N) is 1. The molecule has 124 valence electrons. The Balaban J connectivity index is 1.52. The van der Waals surface area contributed by atoms with Gasteiger partial charge in [-0.05, 0) is 43.3 Å². The minimum absolute atomic E-state index is 0.0562. The van der Waals surface area contributed by atoms with Crippen LogP contribution >= 0.6 is 0 Å². The Kier molecular flexibility index (Phi) is 4.65. The maximum atomic E-state index is 11.9. The first-order valence-corrected chi connectivity index (χ1v) is 7.76. The van der Waals surface area contributed by atoms with Gasteiger partial charge < -0.3 is 15.4 Å². The number of urea groups is 1. The molecular weight excluding hydrogens is 306 g/mol. The normalized spacial score (nSPS) is 13.5. The number of carbonyl (C=O) groups is 2. The van der Waals surface area contributed by atoms with E-state index in [2.05, 4.69) is 10.6 Å². The van der Waals surface area contributed by atoms with Crippen molar-refractivity contribution in [3.05, 3.63) is 54.1 Å². The number of carbonyl (C=O) groups excluding carboxylic acids is 2. The summed E-state index contributed by atoms with van der Waals surface area (Å²) < 4.78 is 5.44. The first-order chi connectivity index (χ1) is 11.6. The third-order valence-corrected chi connectivity index (χ3v) is 3.71. The largest absolute Gasteiger partial charge is 0.484 e. The molecule has 1 aliphatic heterocycles. The molecule has 0 bridgehead atoms. The first-order valence-electron chi connectivity index (χ1n) is 7.76. The summed E-state index contributed by atoms with van der Waals surface area (Å²) in [5.41, 5.74) is 2.60. The van der Waals surface area contributed by atoms with Gasteiger partial charge in [-0.25, -0.2) is 4.79 Å². The van der Waals surface area contributed by atoms with Crippen LogP contribution in [0.4, 0.5) is 16.2 Å². The van der Waals surface area contributed by atoms with Crippen LogP contribution in [0.5, 0.6) is 5.75 Å². The molecule has 0 aliphatic carbocycles. The minimum Gasteiger partial charge on any atom is -0.484 e. The molecule has 2 aromatic carbocycles. The van der Waals surface area contributed by atoms with Crippen LogP contribution in [0, 0.1) is 6.92 Å². The smallest absolute Gasteiger partial charge is 0.321 e. The lowest BCUT2D eigenvalue weighted by Crippen LogP contribution is -2.27. The lowest BCUT2D eigenvalue weighted by Gasteiger charge is -2.14. The molecule has 2 aromatic rings. The fourth-order valence-electron chi connectivity index (χ4n) is 2.42. The van der Waals surface area contributed by atoms with Gasteiger partial charge in [0, 0.05) is 24.5 Å². The van der Waals surface area contributed by atoms with Crippen LogP contribution < -0.4 is 20.3 Å². The van der Waals surface area contributed by atoms with Gasteiger partial charge in [0.25, 0.3) is 5.91 Å². The van der Waals surface area contributed by atoms with Crippen LogP contribution in [0.3, 0.4) is 0 Å². The minimum atomic E-state index is -0.234. The summed E-state index contributed by atoms with van der Waals surface area (Å²) in [5, 5.41) is 5.52. The summed E-state index contributed by atoms with van der Waals surface area (Å²) in [6.45, 7) is 3.23. The quantitative estimate of drug-likeness (QED) is 0.887. The summed E-state index contributed by atoms with van der Waals surface area (Å²) in [5.74, 6) is 0.424. The second-order valence-electron chi connectivity index (χ2n) is 5.58. The van der Waals surface area contributed by atoms with Crippen molar-refractivity contribution in [3.63, 3.8) is 0 Å². The number of anilines is 2. The van der Waals surface area contributed by atoms with Crippen LogP contribution in [0.25, 0.3) is 0 Å². The Morgan fingerprint density at radius 3 is 2.50 bits per heavy atom. The molecule has 1 aliphatic rings. The predicted octanol–water partition coefficient (Wildman–Crippen LogP) is 2.54. The van der Waals surface area contributed by atoms with Crippen molar-refractivity contribution in [3.8, 4) is 5.75 Å². The van der Waals surface area contributed by atoms with Crippen molar-refractivity contribution in [1.29, 1.82) is 0 Å². The molecule has 6 heteroatoms. The highest BCUT2D eigenvalue weighted by atomic mass is 16.5. The molecule has 24 heavy (non-hydrogen) atoms. The molecule has 1 saturated heterocycles. The summed E-state index contributed by atoms with van der Waals surface area (Å²) in [4.78, 5) is 25.2. The number of nitrogens with one attached hydrogen (secondary N) is 2. The topological polar surface area (TPSA) is 70.7 Å². The van der Waals surface area contributed by atoms with Crippen LogP contribution in [0.1, 0.15) is 5.56 Å². The van der Waals surface area contributed by atoms with E-state index in [0.29, 0.717) is 24.5 Å². The molecule has 0 saturated carbocycles. The Morgan fingerprint density at radius 2 is 1.88 bits per heavy atom. The third kappa shape index (κ3) is 3.84. The Morgan fingerprint density at radius 1 is 1.17 bits per heavy atom. The van der Waals surface area contributed by atoms with Crippen molar-refractivity contribution in [2.45, 2.75) is 6.92 Å². The van der Waals surface area contributed by atoms with E-state index in [9.17, 15) is 9.59 Å². The van der Waals surface area contributed by atoms with Gasteiger partial charge >= 0.3 is 6.03 Å². The van der Waals surface area contributed by atoms with Gasteiger partial charge in [0.1, 0.15) is 5.75 Å². The van der Waals surface area contributed by atoms with Crippen molar-refractivity contribution in [1.82, 2.24) is 5.32 Å². The zero-order valence-electron chi connectivity index (χ0n) is 13.4. The molecule has 3 amide bonds. The van der Waals surface area contributed by atoms with Crippen molar-refractivity contribution in [2.24, 2.45) is 0 Å². The summed E-state index contributed by atoms with van der Waals surface area (Å²) in [6, 6.07) is 14.6. The van der Waals surface area contributed by atoms with Gasteiger partial charge in [0.2, 0.25) is 0 Å². The van der Waals surface area contributed by atoms with Crippen LogP contribution in [-0.2, 0) is 4.79 Å². The summed E-state index contributed by atoms with van der Waals surface area (Å²) in [7, 11) is 0. The molecule has 1 fully saturated rings. The molecule has 3 rings (SSSR count). The highest BCUT2D eigenvalue weighted by Gasteiger charge is 2.20. The van der Waals surface area contributed by atoms with Gasteiger partial charge in [-0.3, -0.25) is 9.69 Å². The highest BCUT2D eigenvalue weighted by molar-refractivity contribution is 5.95. The van der Waals surface area contributed by atoms with Gasteiger partial charge in [-0.2, -0.15) is 0 Å². The van der Waals surface area contributed by atoms with Crippen molar-refractivity contribution in [2.75, 3.05) is 29.9 Å². The fourth-order valence-corrected chi connectivity index (χ4v) is 2.42. The lowest BCUT2D eigenvalue weighted by atomic mass is 10.2. The molecule has 1 heterocycles. The number of hydrogen-bond acceptors (Lipinski definition) is 3. The first kappa shape index (κ1) is 15.9. The number of benzene rings is 2. The van der Waals surface area contributed by atoms with Crippen LogP contribution in [0.2, 0.25) is 0 Å². The molecule has 6 nitrogen and oxygen atoms in total. The van der Waals surface area contributed by atoms with E-state index in [-0.39, 0.29) is 18.5 Å². The zero-order chi connectivity index (χ0) is 16.9. The predicted molar refractivity (Wildman–Crippen MR) is 92.5 cm³/mol. The van der Waals surface area contributed by atoms with Crippen LogP contribution in [-0.4, -0.2) is 31.6 Å². The van der Waals surface area contributed by atoms with Gasteiger partial charge in [0.05, 0.1) is 0 Å². The second kappa shape index (κ2) is 7.04. The maximum Gasteiger partial charge on any atom is 0.321 e. The van der Waals surface area contributed by atoms with Crippen molar-refractivity contribution < 1.29 is 14.3 Å². The van der Waals surface area contributed by atoms with E-state index < -0.39 is 0 Å². The highest BCUT2D eigenvalue weighted by Crippen LogP contribution is 2.19. The Bertz CT molecular complexity index is 726. The molecule has 0 aromatic heterocycles. The van der Waals surface area contributed by atoms with Gasteiger partial charge in [0.15, 0.2) is 6.61 Å². The maximum absolute atomic E-state index is 11.9. The summed E-state index contributed by atoms with van der Waals surface area (Å²) in [6.07, 6.45) is 0. The fraction of sp³-hybridized carbons (Fsp3) is 0.222. The third-order valence-electron chi connectivity index (χ3n) is 3.71. The standard InChI is InChI=1S/C18H19N3O3/c1-13-2-8-16(9-3-13)24-12-17(22)20-14-4-6-15(7-5-14)21-11-10-19-18(21)23/h2-9H,10-12H2,1H3,(H,19,23)(H,20,22). The molecule has 0 spiro atoms. The van der Waals surface area contributed by atoms with E-state index >= 15 is 0 Å². The Labute approximate surface area is 140 Å². The number of amides is 3. The molecule has 0 radical (unpaired) electrons. The zero-order valence-corrected chi connectivity index (χ0v) is 13.4. The van der Waals surface area contributed by atoms with Crippen molar-refractivity contribution >= 4 is 23.3 Å². The average molecular weight is 325 g/mol. The molecular formula is C18H19N3O3. The van der Waals surface area contributed by atoms with Crippen LogP contribution in [0.15, 0.2) is 48.5 Å². The lowest BCUT2D eigenvalue weighted by molar-refractivity contribution is -0.118. The summed E-state index contributed by atoms with van der Waals surface area (Å²) >= 11 is 0. The Hall–Kier alpha value is -3.02. The van der Waals surface area contributed by atoms with E-state index in [1.165, 1.54) is 0 Å². The number of aryl methyl sites for hydroxylation is 1. The number of ether oxygens (including phenoxy) is 1. The van der Waals surface area contributed by atoms with E-state index in [0.717, 1.165) is 11.3 Å². The second-order valence-corrected chi connectivity index (χ2v) is 5.58. The molecule has 2 N–H and O–H groups in total. The molecule has 0 atom stereocenters. The molecule has 0 unspecified atom stereocenters. The monoisotopic (exact) mass is 325 g/mol. The van der Waals surface area contributed by atoms with E-state index in [1.807, 2.05) is 31.2 Å². The SMILES string of the molecule is Cc1ccc(OCC(=O)Nc2ccc(N3CCNC3=O)cc2)cc1. The van der Waals surface area contributed by atoms with E-state index in [1.54, 1.807) is 29.2 Å². The van der Waals surface area contributed by atoms with Gasteiger partial charge in [-0.15, -0.1) is 0 Å². The number of hydrogen-bond donors (Lipinski definition) is 2.